The highest BCUT2D eigenvalue weighted by molar-refractivity contribution is 5.79. The van der Waals surface area contributed by atoms with Gasteiger partial charge in [0.05, 0.1) is 0 Å². The predicted molar refractivity (Wildman–Crippen MR) is 85.8 cm³/mol. The van der Waals surface area contributed by atoms with Crippen LogP contribution in [0, 0.1) is 0 Å². The third-order valence-electron chi connectivity index (χ3n) is 3.92. The third kappa shape index (κ3) is 3.00. The molecule has 0 radical (unpaired) electrons. The van der Waals surface area contributed by atoms with Crippen LogP contribution in [0.1, 0.15) is 24.0 Å². The number of rotatable bonds is 4. The van der Waals surface area contributed by atoms with Crippen molar-refractivity contribution in [2.24, 2.45) is 4.99 Å². The zero-order chi connectivity index (χ0) is 16.2. The molecule has 0 saturated heterocycles. The molecule has 23 heavy (non-hydrogen) atoms. The molecule has 116 valence electrons. The summed E-state index contributed by atoms with van der Waals surface area (Å²) in [5.41, 5.74) is 4.66. The molecule has 1 atom stereocenters. The molecule has 5 heteroatoms. The molecule has 0 heterocycles. The summed E-state index contributed by atoms with van der Waals surface area (Å²) in [5, 5.41) is 2.46. The summed E-state index contributed by atoms with van der Waals surface area (Å²) in [7, 11) is 0. The zero-order valence-corrected chi connectivity index (χ0v) is 12.7. The number of hydrogen-bond donors (Lipinski definition) is 1. The number of ether oxygens (including phenoxy) is 1. The maximum absolute atomic E-state index is 11.8. The van der Waals surface area contributed by atoms with Gasteiger partial charge in [-0.15, -0.1) is 0 Å². The van der Waals surface area contributed by atoms with E-state index in [1.54, 1.807) is 6.92 Å². The predicted octanol–water partition coefficient (Wildman–Crippen LogP) is 3.21. The van der Waals surface area contributed by atoms with Gasteiger partial charge in [0.15, 0.2) is 0 Å². The molecular weight excluding hydrogens is 292 g/mol. The summed E-state index contributed by atoms with van der Waals surface area (Å²) in [4.78, 5) is 25.3. The lowest BCUT2D eigenvalue weighted by Gasteiger charge is -2.15. The minimum atomic E-state index is -0.650. The van der Waals surface area contributed by atoms with Gasteiger partial charge in [-0.1, -0.05) is 48.5 Å². The van der Waals surface area contributed by atoms with Crippen molar-refractivity contribution in [3.05, 3.63) is 59.7 Å². The van der Waals surface area contributed by atoms with Crippen molar-refractivity contribution in [1.82, 2.24) is 5.32 Å². The highest BCUT2D eigenvalue weighted by atomic mass is 16.5. The maximum atomic E-state index is 11.8. The average Bonchev–Trinajstić information content (AvgIpc) is 2.87. The van der Waals surface area contributed by atoms with Gasteiger partial charge in [-0.05, 0) is 29.2 Å². The lowest BCUT2D eigenvalue weighted by atomic mass is 9.98. The molecule has 0 saturated carbocycles. The van der Waals surface area contributed by atoms with Crippen LogP contribution in [0.15, 0.2) is 53.5 Å². The Morgan fingerprint density at radius 1 is 1.17 bits per heavy atom. The Balaban J connectivity index is 1.76. The Morgan fingerprint density at radius 3 is 2.30 bits per heavy atom. The molecule has 1 amide bonds. The number of nitrogens with zero attached hydrogens (tertiary/aromatic N) is 1. The largest absolute Gasteiger partial charge is 0.449 e. The van der Waals surface area contributed by atoms with Crippen molar-refractivity contribution in [3.63, 3.8) is 0 Å². The molecule has 0 unspecified atom stereocenters. The van der Waals surface area contributed by atoms with Crippen LogP contribution >= 0.6 is 0 Å². The van der Waals surface area contributed by atoms with E-state index < -0.39 is 12.3 Å². The fraction of sp³-hybridized carbons (Fsp3) is 0.222. The van der Waals surface area contributed by atoms with E-state index in [1.165, 1.54) is 17.2 Å². The van der Waals surface area contributed by atoms with E-state index in [0.29, 0.717) is 0 Å². The Labute approximate surface area is 134 Å². The summed E-state index contributed by atoms with van der Waals surface area (Å²) in [6.07, 6.45) is 0.152. The number of nitrogens with one attached hydrogen (secondary N) is 1. The average molecular weight is 308 g/mol. The smallest absolute Gasteiger partial charge is 0.408 e. The van der Waals surface area contributed by atoms with E-state index in [0.717, 1.165) is 11.1 Å². The summed E-state index contributed by atoms with van der Waals surface area (Å²) < 4.78 is 5.32. The fourth-order valence-corrected chi connectivity index (χ4v) is 2.92. The number of aliphatic imine (C=N–C) groups is 1. The minimum absolute atomic E-state index is 0.0121. The third-order valence-corrected chi connectivity index (χ3v) is 3.92. The van der Waals surface area contributed by atoms with Gasteiger partial charge in [-0.2, -0.15) is 4.99 Å². The highest BCUT2D eigenvalue weighted by Crippen LogP contribution is 2.44. The van der Waals surface area contributed by atoms with Gasteiger partial charge in [0.2, 0.25) is 6.08 Å². The van der Waals surface area contributed by atoms with E-state index in [4.69, 9.17) is 4.74 Å². The van der Waals surface area contributed by atoms with Crippen molar-refractivity contribution in [2.45, 2.75) is 19.0 Å². The monoisotopic (exact) mass is 308 g/mol. The normalized spacial score (nSPS) is 13.4. The first kappa shape index (κ1) is 15.0. The number of amides is 1. The number of carbonyl (C=O) groups is 1. The van der Waals surface area contributed by atoms with Gasteiger partial charge in [0, 0.05) is 5.92 Å². The number of benzene rings is 2. The zero-order valence-electron chi connectivity index (χ0n) is 12.7. The summed E-state index contributed by atoms with van der Waals surface area (Å²) in [5.74, 6) is 0.0121. The van der Waals surface area contributed by atoms with Crippen molar-refractivity contribution in [3.8, 4) is 11.1 Å². The molecule has 1 aliphatic carbocycles. The summed E-state index contributed by atoms with van der Waals surface area (Å²) >= 11 is 0. The number of carbonyl (C=O) groups excluding carboxylic acids is 2. The molecule has 0 fully saturated rings. The van der Waals surface area contributed by atoms with Crippen molar-refractivity contribution in [1.29, 1.82) is 0 Å². The van der Waals surface area contributed by atoms with Crippen LogP contribution in [0.2, 0.25) is 0 Å². The second-order valence-electron chi connectivity index (χ2n) is 5.37. The molecule has 0 aliphatic heterocycles. The first-order valence-electron chi connectivity index (χ1n) is 7.39. The molecule has 1 N–H and O–H groups in total. The molecule has 5 nitrogen and oxygen atoms in total. The Hall–Kier alpha value is -2.91. The van der Waals surface area contributed by atoms with Crippen molar-refractivity contribution < 1.29 is 14.3 Å². The van der Waals surface area contributed by atoms with E-state index in [-0.39, 0.29) is 12.5 Å². The van der Waals surface area contributed by atoms with Gasteiger partial charge in [-0.25, -0.2) is 9.59 Å². The van der Waals surface area contributed by atoms with Gasteiger partial charge in [0.1, 0.15) is 12.8 Å². The summed E-state index contributed by atoms with van der Waals surface area (Å²) in [6, 6.07) is 16.2. The number of isocyanates is 1. The topological polar surface area (TPSA) is 67.8 Å². The fourth-order valence-electron chi connectivity index (χ4n) is 2.92. The quantitative estimate of drug-likeness (QED) is 0.696. The molecule has 2 aromatic carbocycles. The number of alkyl carbamates (subject to hydrolysis) is 1. The second-order valence-corrected chi connectivity index (χ2v) is 5.37. The van der Waals surface area contributed by atoms with E-state index >= 15 is 0 Å². The van der Waals surface area contributed by atoms with Gasteiger partial charge in [0.25, 0.3) is 0 Å². The lowest BCUT2D eigenvalue weighted by molar-refractivity contribution is 0.140. The van der Waals surface area contributed by atoms with Crippen LogP contribution in [0.25, 0.3) is 11.1 Å². The molecule has 0 aromatic heterocycles. The molecule has 1 aliphatic rings. The Bertz CT molecular complexity index is 736. The van der Waals surface area contributed by atoms with Gasteiger partial charge >= 0.3 is 6.09 Å². The van der Waals surface area contributed by atoms with Crippen LogP contribution in [-0.2, 0) is 9.53 Å². The molecule has 0 spiro atoms. The van der Waals surface area contributed by atoms with Crippen molar-refractivity contribution in [2.75, 3.05) is 6.61 Å². The first-order chi connectivity index (χ1) is 11.2. The van der Waals surface area contributed by atoms with E-state index in [9.17, 15) is 9.59 Å². The minimum Gasteiger partial charge on any atom is -0.449 e. The van der Waals surface area contributed by atoms with Crippen molar-refractivity contribution >= 4 is 12.2 Å². The van der Waals surface area contributed by atoms with E-state index in [1.807, 2.05) is 24.3 Å². The molecule has 0 bridgehead atoms. The summed E-state index contributed by atoms with van der Waals surface area (Å²) in [6.45, 7) is 1.81. The Morgan fingerprint density at radius 2 is 1.74 bits per heavy atom. The molecule has 3 rings (SSSR count). The molecular formula is C18H16N2O3. The maximum Gasteiger partial charge on any atom is 0.408 e. The van der Waals surface area contributed by atoms with E-state index in [2.05, 4.69) is 34.6 Å². The molecule has 2 aromatic rings. The first-order valence-corrected chi connectivity index (χ1v) is 7.39. The van der Waals surface area contributed by atoms with Crippen LogP contribution in [0.4, 0.5) is 4.79 Å². The van der Waals surface area contributed by atoms with Gasteiger partial charge < -0.3 is 4.74 Å². The SMILES string of the molecule is C[C@@H](N=C=O)NC(=O)OCC1c2ccccc2-c2ccccc21. The number of hydrogen-bond acceptors (Lipinski definition) is 4. The highest BCUT2D eigenvalue weighted by Gasteiger charge is 2.29. The second kappa shape index (κ2) is 6.46. The van der Waals surface area contributed by atoms with Gasteiger partial charge in [-0.3, -0.25) is 5.32 Å². The van der Waals surface area contributed by atoms with Crippen LogP contribution in [-0.4, -0.2) is 24.9 Å². The van der Waals surface area contributed by atoms with Crippen LogP contribution in [0.5, 0.6) is 0 Å². The van der Waals surface area contributed by atoms with Crippen LogP contribution in [0.3, 0.4) is 0 Å². The lowest BCUT2D eigenvalue weighted by Crippen LogP contribution is -2.32. The Kier molecular flexibility index (Phi) is 4.22. The van der Waals surface area contributed by atoms with Crippen LogP contribution < -0.4 is 5.32 Å². The number of fused-ring (bicyclic) bond motifs is 3. The standard InChI is InChI=1S/C18H16N2O3/c1-12(19-11-21)20-18(22)23-10-17-15-8-4-2-6-13(15)14-7-3-5-9-16(14)17/h2-9,12,17H,10H2,1H3,(H,20,22)/t12-/m0/s1.